The molecule has 1 aromatic heterocycles. The molecule has 0 fully saturated rings. The summed E-state index contributed by atoms with van der Waals surface area (Å²) >= 11 is 0. The average Bonchev–Trinajstić information content (AvgIpc) is 3.31. The van der Waals surface area contributed by atoms with Crippen LogP contribution in [0.1, 0.15) is 25.3 Å². The van der Waals surface area contributed by atoms with Gasteiger partial charge in [-0.15, -0.1) is 0 Å². The highest BCUT2D eigenvalue weighted by Gasteiger charge is 2.42. The van der Waals surface area contributed by atoms with E-state index in [-0.39, 0.29) is 47.9 Å². The maximum absolute atomic E-state index is 13.1. The van der Waals surface area contributed by atoms with Crippen molar-refractivity contribution < 1.29 is 33.9 Å². The molecule has 0 saturated heterocycles. The zero-order chi connectivity index (χ0) is 24.8. The number of hydrogen-bond donors (Lipinski definition) is 2. The van der Waals surface area contributed by atoms with Crippen LogP contribution in [-0.2, 0) is 30.4 Å². The number of benzene rings is 1. The molecule has 2 heterocycles. The van der Waals surface area contributed by atoms with Crippen LogP contribution in [0.5, 0.6) is 0 Å². The molecule has 0 bridgehead atoms. The van der Waals surface area contributed by atoms with Crippen LogP contribution in [0.15, 0.2) is 65.5 Å². The van der Waals surface area contributed by atoms with Crippen LogP contribution in [0.25, 0.3) is 0 Å². The minimum absolute atomic E-state index is 0.00654. The molecule has 1 unspecified atom stereocenters. The molecule has 0 aliphatic carbocycles. The number of carboxylic acid groups (broad SMARTS) is 1. The molecular weight excluding hydrogens is 448 g/mol. The average molecular weight is 470 g/mol. The van der Waals surface area contributed by atoms with Crippen molar-refractivity contribution in [2.45, 2.75) is 26.3 Å². The van der Waals surface area contributed by atoms with Crippen LogP contribution in [0.4, 0.5) is 5.69 Å². The first-order valence-electron chi connectivity index (χ1n) is 10.3. The van der Waals surface area contributed by atoms with Gasteiger partial charge in [0.15, 0.2) is 0 Å². The van der Waals surface area contributed by atoms with Crippen molar-refractivity contribution in [3.63, 3.8) is 0 Å². The van der Waals surface area contributed by atoms with E-state index in [0.29, 0.717) is 0 Å². The number of rotatable bonds is 9. The van der Waals surface area contributed by atoms with E-state index in [1.165, 1.54) is 36.8 Å². The number of non-ortho nitro benzene ring substituents is 1. The van der Waals surface area contributed by atoms with E-state index in [9.17, 15) is 29.6 Å². The van der Waals surface area contributed by atoms with E-state index >= 15 is 0 Å². The van der Waals surface area contributed by atoms with E-state index in [0.717, 1.165) is 0 Å². The fourth-order valence-corrected chi connectivity index (χ4v) is 3.63. The third-order valence-electron chi connectivity index (χ3n) is 4.97. The van der Waals surface area contributed by atoms with Crippen LogP contribution < -0.4 is 5.32 Å². The van der Waals surface area contributed by atoms with Crippen molar-refractivity contribution >= 4 is 23.6 Å². The number of nitro benzene ring substituents is 1. The zero-order valence-electron chi connectivity index (χ0n) is 18.4. The molecule has 1 aromatic carbocycles. The second kappa shape index (κ2) is 10.4. The standard InChI is InChI=1S/C22H22N4O8/c1-3-33-21(29)17-15(11-25-9-8-23-12-25)24-19(20(27)28)18(22(30)34-4-2)16(17)13-6-5-7-14(10-13)26(31)32/h5-10,12,16,24H,3-4,11H2,1-2H3,(H,27,28). The molecule has 1 atom stereocenters. The third kappa shape index (κ3) is 4.95. The van der Waals surface area contributed by atoms with Gasteiger partial charge in [0, 0.05) is 30.2 Å². The van der Waals surface area contributed by atoms with Gasteiger partial charge in [-0.25, -0.2) is 19.4 Å². The van der Waals surface area contributed by atoms with Gasteiger partial charge in [0.1, 0.15) is 5.70 Å². The maximum Gasteiger partial charge on any atom is 0.352 e. The highest BCUT2D eigenvalue weighted by atomic mass is 16.6. The van der Waals surface area contributed by atoms with Crippen LogP contribution >= 0.6 is 0 Å². The van der Waals surface area contributed by atoms with Crippen LogP contribution in [-0.4, -0.2) is 50.7 Å². The minimum atomic E-state index is -1.47. The minimum Gasteiger partial charge on any atom is -0.477 e. The van der Waals surface area contributed by atoms with Crippen molar-refractivity contribution in [3.8, 4) is 0 Å². The quantitative estimate of drug-likeness (QED) is 0.314. The first-order chi connectivity index (χ1) is 16.3. The summed E-state index contributed by atoms with van der Waals surface area (Å²) in [7, 11) is 0. The Balaban J connectivity index is 2.33. The number of nitrogens with one attached hydrogen (secondary N) is 1. The lowest BCUT2D eigenvalue weighted by atomic mass is 9.79. The Morgan fingerprint density at radius 1 is 1.18 bits per heavy atom. The number of allylic oxidation sites excluding steroid dienone is 1. The van der Waals surface area contributed by atoms with Gasteiger partial charge < -0.3 is 24.5 Å². The Morgan fingerprint density at radius 2 is 1.85 bits per heavy atom. The Bertz CT molecular complexity index is 1180. The molecule has 0 radical (unpaired) electrons. The van der Waals surface area contributed by atoms with Crippen molar-refractivity contribution in [2.24, 2.45) is 0 Å². The number of carbonyl (C=O) groups excluding carboxylic acids is 2. The summed E-state index contributed by atoms with van der Waals surface area (Å²) in [5, 5.41) is 24.0. The molecule has 2 N–H and O–H groups in total. The second-order valence-corrected chi connectivity index (χ2v) is 7.07. The molecule has 12 heteroatoms. The molecular formula is C22H22N4O8. The number of hydrogen-bond acceptors (Lipinski definition) is 9. The highest BCUT2D eigenvalue weighted by Crippen LogP contribution is 2.40. The number of aliphatic carboxylic acids is 1. The monoisotopic (exact) mass is 470 g/mol. The number of esters is 2. The zero-order valence-corrected chi connectivity index (χ0v) is 18.4. The van der Waals surface area contributed by atoms with Gasteiger partial charge in [0.05, 0.1) is 48.1 Å². The van der Waals surface area contributed by atoms with Crippen molar-refractivity contribution in [2.75, 3.05) is 13.2 Å². The lowest BCUT2D eigenvalue weighted by Gasteiger charge is -2.31. The fourth-order valence-electron chi connectivity index (χ4n) is 3.63. The van der Waals surface area contributed by atoms with Gasteiger partial charge in [0.25, 0.3) is 5.69 Å². The maximum atomic E-state index is 13.1. The number of dihydropyridines is 1. The summed E-state index contributed by atoms with van der Waals surface area (Å²) < 4.78 is 11.9. The third-order valence-corrected chi connectivity index (χ3v) is 4.97. The summed E-state index contributed by atoms with van der Waals surface area (Å²) in [4.78, 5) is 53.0. The summed E-state index contributed by atoms with van der Waals surface area (Å²) in [5.74, 6) is -4.56. The predicted molar refractivity (Wildman–Crippen MR) is 116 cm³/mol. The van der Waals surface area contributed by atoms with E-state index in [4.69, 9.17) is 9.47 Å². The van der Waals surface area contributed by atoms with Gasteiger partial charge in [-0.2, -0.15) is 0 Å². The number of aromatic nitrogens is 2. The smallest absolute Gasteiger partial charge is 0.352 e. The summed E-state index contributed by atoms with van der Waals surface area (Å²) in [6.45, 7) is 3.08. The normalized spacial score (nSPS) is 15.5. The number of nitrogens with zero attached hydrogens (tertiary/aromatic N) is 3. The molecule has 0 saturated carbocycles. The second-order valence-electron chi connectivity index (χ2n) is 7.07. The molecule has 1 aliphatic heterocycles. The summed E-state index contributed by atoms with van der Waals surface area (Å²) in [6, 6.07) is 5.28. The Hall–Kier alpha value is -4.48. The number of carboxylic acids is 1. The van der Waals surface area contributed by atoms with Crippen LogP contribution in [0, 0.1) is 10.1 Å². The molecule has 178 valence electrons. The lowest BCUT2D eigenvalue weighted by molar-refractivity contribution is -0.384. The fraction of sp³-hybridized carbons (Fsp3) is 0.273. The van der Waals surface area contributed by atoms with Crippen molar-refractivity contribution in [1.82, 2.24) is 14.9 Å². The molecule has 12 nitrogen and oxygen atoms in total. The summed E-state index contributed by atoms with van der Waals surface area (Å²) in [6.07, 6.45) is 4.57. The molecule has 34 heavy (non-hydrogen) atoms. The van der Waals surface area contributed by atoms with Crippen molar-refractivity contribution in [3.05, 3.63) is 81.2 Å². The van der Waals surface area contributed by atoms with E-state index in [2.05, 4.69) is 10.3 Å². The SMILES string of the molecule is CCOC(=O)C1=C(Cn2ccnc2)NC(C(=O)O)=C(C(=O)OCC)C1c1cccc([N+](=O)[O-])c1. The summed E-state index contributed by atoms with van der Waals surface area (Å²) in [5.41, 5.74) is -0.938. The molecule has 0 amide bonds. The van der Waals surface area contributed by atoms with E-state index < -0.39 is 34.4 Å². The van der Waals surface area contributed by atoms with Gasteiger partial charge in [-0.3, -0.25) is 10.1 Å². The van der Waals surface area contributed by atoms with Gasteiger partial charge in [-0.1, -0.05) is 12.1 Å². The van der Waals surface area contributed by atoms with Crippen molar-refractivity contribution in [1.29, 1.82) is 0 Å². The van der Waals surface area contributed by atoms with Crippen LogP contribution in [0.3, 0.4) is 0 Å². The Labute approximate surface area is 193 Å². The Kier molecular flexibility index (Phi) is 7.41. The number of ether oxygens (including phenoxy) is 2. The van der Waals surface area contributed by atoms with Gasteiger partial charge in [-0.05, 0) is 19.4 Å². The van der Waals surface area contributed by atoms with Gasteiger partial charge in [0.2, 0.25) is 0 Å². The number of imidazole rings is 1. The lowest BCUT2D eigenvalue weighted by Crippen LogP contribution is -2.38. The topological polar surface area (TPSA) is 163 Å². The molecule has 3 rings (SSSR count). The first kappa shape index (κ1) is 24.2. The highest BCUT2D eigenvalue weighted by molar-refractivity contribution is 6.05. The number of carbonyl (C=O) groups is 3. The Morgan fingerprint density at radius 3 is 2.41 bits per heavy atom. The van der Waals surface area contributed by atoms with E-state index in [1.54, 1.807) is 24.6 Å². The first-order valence-corrected chi connectivity index (χ1v) is 10.3. The largest absolute Gasteiger partial charge is 0.477 e. The molecule has 1 aliphatic rings. The van der Waals surface area contributed by atoms with Crippen LogP contribution in [0.2, 0.25) is 0 Å². The van der Waals surface area contributed by atoms with E-state index in [1.807, 2.05) is 0 Å². The molecule has 2 aromatic rings. The number of nitro groups is 1. The predicted octanol–water partition coefficient (Wildman–Crippen LogP) is 1.90. The molecule has 0 spiro atoms. The van der Waals surface area contributed by atoms with Gasteiger partial charge >= 0.3 is 17.9 Å².